The molecule has 1 aromatic carbocycles. The largest absolute Gasteiger partial charge is 0.486 e. The van der Waals surface area contributed by atoms with E-state index in [4.69, 9.17) is 16.3 Å². The Hall–Kier alpha value is -0.800. The van der Waals surface area contributed by atoms with Crippen molar-refractivity contribution in [1.29, 1.82) is 0 Å². The molecule has 0 bridgehead atoms. The fourth-order valence-electron chi connectivity index (χ4n) is 1.94. The van der Waals surface area contributed by atoms with Gasteiger partial charge in [0.1, 0.15) is 6.10 Å². The highest BCUT2D eigenvalue weighted by atomic mass is 35.5. The van der Waals surface area contributed by atoms with Gasteiger partial charge >= 0.3 is 0 Å². The number of hydrogen-bond donors (Lipinski definition) is 1. The van der Waals surface area contributed by atoms with Gasteiger partial charge < -0.3 is 10.1 Å². The standard InChI is InChI=1S/C13H17ClFNO/c1-2-6-16-9-7-10(8-9)17-13-11(14)4-3-5-12(13)15/h3-5,9-10,16H,2,6-8H2,1H3. The van der Waals surface area contributed by atoms with Crippen molar-refractivity contribution in [3.05, 3.63) is 29.0 Å². The van der Waals surface area contributed by atoms with Crippen LogP contribution in [0.4, 0.5) is 4.39 Å². The van der Waals surface area contributed by atoms with Crippen molar-refractivity contribution in [2.24, 2.45) is 0 Å². The quantitative estimate of drug-likeness (QED) is 0.873. The van der Waals surface area contributed by atoms with Gasteiger partial charge in [0.2, 0.25) is 0 Å². The van der Waals surface area contributed by atoms with E-state index in [0.717, 1.165) is 25.8 Å². The normalized spacial score (nSPS) is 23.2. The summed E-state index contributed by atoms with van der Waals surface area (Å²) in [4.78, 5) is 0. The van der Waals surface area contributed by atoms with Gasteiger partial charge in [-0.3, -0.25) is 0 Å². The minimum Gasteiger partial charge on any atom is -0.486 e. The molecule has 17 heavy (non-hydrogen) atoms. The number of ether oxygens (including phenoxy) is 1. The van der Waals surface area contributed by atoms with Crippen molar-refractivity contribution in [3.8, 4) is 5.75 Å². The number of rotatable bonds is 5. The van der Waals surface area contributed by atoms with Gasteiger partial charge in [0.15, 0.2) is 11.6 Å². The van der Waals surface area contributed by atoms with Crippen LogP contribution in [-0.2, 0) is 0 Å². The number of para-hydroxylation sites is 1. The maximum absolute atomic E-state index is 13.4. The molecule has 1 saturated carbocycles. The Balaban J connectivity index is 1.84. The van der Waals surface area contributed by atoms with Crippen LogP contribution in [0.25, 0.3) is 0 Å². The van der Waals surface area contributed by atoms with Crippen molar-refractivity contribution < 1.29 is 9.13 Å². The summed E-state index contributed by atoms with van der Waals surface area (Å²) in [6, 6.07) is 5.10. The van der Waals surface area contributed by atoms with Gasteiger partial charge in [0.25, 0.3) is 0 Å². The molecular weight excluding hydrogens is 241 g/mol. The lowest BCUT2D eigenvalue weighted by Gasteiger charge is -2.36. The summed E-state index contributed by atoms with van der Waals surface area (Å²) in [6.07, 6.45) is 3.05. The molecule has 1 aliphatic rings. The average molecular weight is 258 g/mol. The SMILES string of the molecule is CCCNC1CC(Oc2c(F)cccc2Cl)C1. The van der Waals surface area contributed by atoms with Crippen molar-refractivity contribution in [1.82, 2.24) is 5.32 Å². The zero-order chi connectivity index (χ0) is 12.3. The maximum atomic E-state index is 13.4. The number of hydrogen-bond acceptors (Lipinski definition) is 2. The van der Waals surface area contributed by atoms with E-state index in [1.807, 2.05) is 0 Å². The van der Waals surface area contributed by atoms with Gasteiger partial charge in [0.05, 0.1) is 5.02 Å². The molecular formula is C13H17ClFNO. The van der Waals surface area contributed by atoms with Gasteiger partial charge in [-0.05, 0) is 37.9 Å². The topological polar surface area (TPSA) is 21.3 Å². The van der Waals surface area contributed by atoms with E-state index in [-0.39, 0.29) is 17.7 Å². The van der Waals surface area contributed by atoms with Crippen molar-refractivity contribution in [2.75, 3.05) is 6.54 Å². The summed E-state index contributed by atoms with van der Waals surface area (Å²) in [5, 5.41) is 3.75. The second-order valence-electron chi connectivity index (χ2n) is 4.41. The van der Waals surface area contributed by atoms with Crippen LogP contribution >= 0.6 is 11.6 Å². The van der Waals surface area contributed by atoms with Crippen LogP contribution in [0.5, 0.6) is 5.75 Å². The third-order valence-corrected chi connectivity index (χ3v) is 3.28. The third-order valence-electron chi connectivity index (χ3n) is 2.98. The molecule has 2 rings (SSSR count). The summed E-state index contributed by atoms with van der Waals surface area (Å²) in [6.45, 7) is 3.16. The first-order chi connectivity index (χ1) is 8.20. The highest BCUT2D eigenvalue weighted by molar-refractivity contribution is 6.32. The second kappa shape index (κ2) is 5.69. The molecule has 4 heteroatoms. The molecule has 0 aromatic heterocycles. The van der Waals surface area contributed by atoms with Crippen LogP contribution in [0.3, 0.4) is 0 Å². The minimum absolute atomic E-state index is 0.0822. The molecule has 94 valence electrons. The minimum atomic E-state index is -0.387. The molecule has 0 unspecified atom stereocenters. The number of halogens is 2. The molecule has 0 spiro atoms. The lowest BCUT2D eigenvalue weighted by atomic mass is 9.89. The third kappa shape index (κ3) is 3.11. The van der Waals surface area contributed by atoms with E-state index in [0.29, 0.717) is 11.1 Å². The fraction of sp³-hybridized carbons (Fsp3) is 0.538. The smallest absolute Gasteiger partial charge is 0.173 e. The van der Waals surface area contributed by atoms with E-state index in [1.54, 1.807) is 12.1 Å². The monoisotopic (exact) mass is 257 g/mol. The Morgan fingerprint density at radius 2 is 2.24 bits per heavy atom. The molecule has 0 aliphatic heterocycles. The van der Waals surface area contributed by atoms with Crippen molar-refractivity contribution in [3.63, 3.8) is 0 Å². The molecule has 1 aliphatic carbocycles. The molecule has 2 nitrogen and oxygen atoms in total. The lowest BCUT2D eigenvalue weighted by Crippen LogP contribution is -2.47. The molecule has 1 aromatic rings. The van der Waals surface area contributed by atoms with E-state index in [2.05, 4.69) is 12.2 Å². The average Bonchev–Trinajstić information content (AvgIpc) is 2.25. The molecule has 0 saturated heterocycles. The maximum Gasteiger partial charge on any atom is 0.173 e. The molecule has 0 radical (unpaired) electrons. The molecule has 0 atom stereocenters. The van der Waals surface area contributed by atoms with E-state index in [1.165, 1.54) is 6.07 Å². The van der Waals surface area contributed by atoms with Gasteiger partial charge in [-0.25, -0.2) is 4.39 Å². The highest BCUT2D eigenvalue weighted by Crippen LogP contribution is 2.32. The predicted octanol–water partition coefficient (Wildman–Crippen LogP) is 3.39. The summed E-state index contributed by atoms with van der Waals surface area (Å²) in [5.74, 6) is -0.199. The predicted molar refractivity (Wildman–Crippen MR) is 67.1 cm³/mol. The van der Waals surface area contributed by atoms with Crippen LogP contribution in [0, 0.1) is 5.82 Å². The molecule has 1 N–H and O–H groups in total. The summed E-state index contributed by atoms with van der Waals surface area (Å²) in [5.41, 5.74) is 0. The van der Waals surface area contributed by atoms with Gasteiger partial charge in [-0.15, -0.1) is 0 Å². The van der Waals surface area contributed by atoms with Crippen LogP contribution < -0.4 is 10.1 Å². The Morgan fingerprint density at radius 1 is 1.47 bits per heavy atom. The van der Waals surface area contributed by atoms with Gasteiger partial charge in [-0.1, -0.05) is 24.6 Å². The molecule has 0 heterocycles. The summed E-state index contributed by atoms with van der Waals surface area (Å²) >= 11 is 5.89. The highest BCUT2D eigenvalue weighted by Gasteiger charge is 2.31. The Labute approximate surface area is 106 Å². The van der Waals surface area contributed by atoms with Crippen LogP contribution in [0.15, 0.2) is 18.2 Å². The Morgan fingerprint density at radius 3 is 2.88 bits per heavy atom. The van der Waals surface area contributed by atoms with Crippen molar-refractivity contribution in [2.45, 2.75) is 38.3 Å². The van der Waals surface area contributed by atoms with Crippen LogP contribution in [-0.4, -0.2) is 18.7 Å². The van der Waals surface area contributed by atoms with Gasteiger partial charge in [-0.2, -0.15) is 0 Å². The number of nitrogens with one attached hydrogen (secondary N) is 1. The van der Waals surface area contributed by atoms with Crippen LogP contribution in [0.2, 0.25) is 5.02 Å². The second-order valence-corrected chi connectivity index (χ2v) is 4.82. The van der Waals surface area contributed by atoms with Gasteiger partial charge in [0, 0.05) is 6.04 Å². The Bertz CT molecular complexity index is 359. The first-order valence-electron chi connectivity index (χ1n) is 6.04. The summed E-state index contributed by atoms with van der Waals surface area (Å²) in [7, 11) is 0. The number of benzene rings is 1. The van der Waals surface area contributed by atoms with E-state index in [9.17, 15) is 4.39 Å². The Kier molecular flexibility index (Phi) is 4.24. The zero-order valence-electron chi connectivity index (χ0n) is 9.88. The zero-order valence-corrected chi connectivity index (χ0v) is 10.6. The lowest BCUT2D eigenvalue weighted by molar-refractivity contribution is 0.0813. The summed E-state index contributed by atoms with van der Waals surface area (Å²) < 4.78 is 19.0. The van der Waals surface area contributed by atoms with Crippen molar-refractivity contribution >= 4 is 11.6 Å². The fourth-order valence-corrected chi connectivity index (χ4v) is 2.15. The molecule has 0 amide bonds. The van der Waals surface area contributed by atoms with E-state index >= 15 is 0 Å². The molecule has 1 fully saturated rings. The first-order valence-corrected chi connectivity index (χ1v) is 6.42. The van der Waals surface area contributed by atoms with Crippen LogP contribution in [0.1, 0.15) is 26.2 Å². The van der Waals surface area contributed by atoms with E-state index < -0.39 is 0 Å². The first kappa shape index (κ1) is 12.7.